The average molecular weight is 372 g/mol. The predicted octanol–water partition coefficient (Wildman–Crippen LogP) is 0.749. The van der Waals surface area contributed by atoms with E-state index < -0.39 is 6.10 Å². The van der Waals surface area contributed by atoms with E-state index in [4.69, 9.17) is 4.74 Å². The number of aliphatic hydroxyl groups is 1. The number of carbonyl (C=O) groups is 2. The van der Waals surface area contributed by atoms with E-state index in [2.05, 4.69) is 15.7 Å². The van der Waals surface area contributed by atoms with E-state index in [0.29, 0.717) is 13.2 Å². The van der Waals surface area contributed by atoms with Gasteiger partial charge >= 0.3 is 0 Å². The number of β-amino-alcohol motifs (C(OH)–C–C–N with tert-alkyl or cyclic N) is 1. The van der Waals surface area contributed by atoms with Gasteiger partial charge < -0.3 is 20.5 Å². The van der Waals surface area contributed by atoms with Gasteiger partial charge in [-0.25, -0.2) is 0 Å². The normalized spacial score (nSPS) is 16.2. The highest BCUT2D eigenvalue weighted by atomic mass is 16.5. The van der Waals surface area contributed by atoms with E-state index in [0.717, 1.165) is 18.6 Å². The van der Waals surface area contributed by atoms with Crippen LogP contribution < -0.4 is 15.4 Å². The first-order valence-electron chi connectivity index (χ1n) is 9.11. The van der Waals surface area contributed by atoms with Crippen molar-refractivity contribution in [2.75, 3.05) is 19.7 Å². The number of benzene rings is 1. The molecule has 1 aromatic carbocycles. The molecule has 8 heteroatoms. The summed E-state index contributed by atoms with van der Waals surface area (Å²) in [5.74, 6) is 0.182. The number of rotatable bonds is 7. The van der Waals surface area contributed by atoms with Crippen LogP contribution >= 0.6 is 0 Å². The van der Waals surface area contributed by atoms with Crippen molar-refractivity contribution in [3.05, 3.63) is 47.3 Å². The number of ether oxygens (including phenoxy) is 1. The molecule has 1 atom stereocenters. The largest absolute Gasteiger partial charge is 0.494 e. The maximum Gasteiger partial charge on any atom is 0.271 e. The molecule has 0 fully saturated rings. The fraction of sp³-hybridized carbons (Fsp3) is 0.421. The lowest BCUT2D eigenvalue weighted by Crippen LogP contribution is -2.30. The van der Waals surface area contributed by atoms with Crippen molar-refractivity contribution in [3.63, 3.8) is 0 Å². The maximum atomic E-state index is 12.3. The van der Waals surface area contributed by atoms with Crippen LogP contribution in [0.5, 0.6) is 5.75 Å². The van der Waals surface area contributed by atoms with Crippen molar-refractivity contribution in [2.45, 2.75) is 32.4 Å². The summed E-state index contributed by atoms with van der Waals surface area (Å²) in [6, 6.07) is 9.37. The second kappa shape index (κ2) is 8.68. The zero-order valence-electron chi connectivity index (χ0n) is 15.3. The van der Waals surface area contributed by atoms with Gasteiger partial charge in [0.1, 0.15) is 11.4 Å². The minimum Gasteiger partial charge on any atom is -0.494 e. The Kier molecular flexibility index (Phi) is 6.08. The van der Waals surface area contributed by atoms with Crippen LogP contribution in [0.1, 0.15) is 39.9 Å². The zero-order valence-corrected chi connectivity index (χ0v) is 15.3. The van der Waals surface area contributed by atoms with Crippen LogP contribution in [0.3, 0.4) is 0 Å². The third-order valence-corrected chi connectivity index (χ3v) is 4.29. The molecule has 1 aliphatic heterocycles. The molecule has 144 valence electrons. The molecule has 0 bridgehead atoms. The lowest BCUT2D eigenvalue weighted by atomic mass is 10.1. The molecule has 3 rings (SSSR count). The van der Waals surface area contributed by atoms with Gasteiger partial charge in [0.2, 0.25) is 0 Å². The van der Waals surface area contributed by atoms with Crippen LogP contribution in [0.25, 0.3) is 0 Å². The van der Waals surface area contributed by atoms with Crippen LogP contribution in [0.2, 0.25) is 0 Å². The van der Waals surface area contributed by atoms with Crippen LogP contribution in [0.4, 0.5) is 0 Å². The molecule has 1 unspecified atom stereocenters. The summed E-state index contributed by atoms with van der Waals surface area (Å²) in [6.45, 7) is 3.45. The number of nitrogens with one attached hydrogen (secondary N) is 2. The molecule has 1 aliphatic rings. The molecular weight excluding hydrogens is 348 g/mol. The molecule has 8 nitrogen and oxygen atoms in total. The summed E-state index contributed by atoms with van der Waals surface area (Å²) in [5, 5.41) is 19.3. The molecule has 0 aliphatic carbocycles. The summed E-state index contributed by atoms with van der Waals surface area (Å²) in [7, 11) is 0. The van der Waals surface area contributed by atoms with E-state index in [-0.39, 0.29) is 36.3 Å². The highest BCUT2D eigenvalue weighted by Crippen LogP contribution is 2.13. The summed E-state index contributed by atoms with van der Waals surface area (Å²) >= 11 is 0. The van der Waals surface area contributed by atoms with Crippen LogP contribution in [0.15, 0.2) is 30.3 Å². The predicted molar refractivity (Wildman–Crippen MR) is 98.8 cm³/mol. The number of aliphatic hydroxyl groups excluding tert-OH is 1. The van der Waals surface area contributed by atoms with Crippen molar-refractivity contribution < 1.29 is 19.4 Å². The third-order valence-electron chi connectivity index (χ3n) is 4.29. The minimum atomic E-state index is -0.722. The van der Waals surface area contributed by atoms with Crippen LogP contribution in [-0.2, 0) is 13.0 Å². The summed E-state index contributed by atoms with van der Waals surface area (Å²) < 4.78 is 6.79. The molecule has 27 heavy (non-hydrogen) atoms. The average Bonchev–Trinajstić information content (AvgIpc) is 3.03. The Balaban J connectivity index is 1.49. The van der Waals surface area contributed by atoms with Crippen molar-refractivity contribution in [1.29, 1.82) is 0 Å². The van der Waals surface area contributed by atoms with Gasteiger partial charge in [-0.2, -0.15) is 5.10 Å². The van der Waals surface area contributed by atoms with E-state index in [1.807, 2.05) is 31.2 Å². The number of amides is 2. The van der Waals surface area contributed by atoms with Crippen LogP contribution in [-0.4, -0.2) is 52.5 Å². The van der Waals surface area contributed by atoms with Crippen LogP contribution in [0, 0.1) is 0 Å². The molecule has 3 N–H and O–H groups in total. The Labute approximate surface area is 157 Å². The summed E-state index contributed by atoms with van der Waals surface area (Å²) in [5.41, 5.74) is 1.63. The SMILES string of the molecule is CCOc1ccc(CCCNC(=O)c2cc3n(n2)CC(O)CNC3=O)cc1. The highest BCUT2D eigenvalue weighted by Gasteiger charge is 2.24. The number of carbonyl (C=O) groups excluding carboxylic acids is 2. The van der Waals surface area contributed by atoms with E-state index >= 15 is 0 Å². The van der Waals surface area contributed by atoms with Gasteiger partial charge in [-0.05, 0) is 37.5 Å². The minimum absolute atomic E-state index is 0.176. The fourth-order valence-corrected chi connectivity index (χ4v) is 2.92. The first kappa shape index (κ1) is 18.9. The lowest BCUT2D eigenvalue weighted by Gasteiger charge is -2.07. The Morgan fingerprint density at radius 3 is 2.93 bits per heavy atom. The molecule has 0 spiro atoms. The Bertz CT molecular complexity index is 801. The Hall–Kier alpha value is -2.87. The molecular formula is C19H24N4O4. The molecule has 0 saturated carbocycles. The zero-order chi connectivity index (χ0) is 19.2. The molecule has 0 radical (unpaired) electrons. The number of hydrogen-bond donors (Lipinski definition) is 3. The number of hydrogen-bond acceptors (Lipinski definition) is 5. The van der Waals surface area contributed by atoms with Gasteiger partial charge in [-0.3, -0.25) is 14.3 Å². The molecule has 2 amide bonds. The molecule has 0 saturated heterocycles. The van der Waals surface area contributed by atoms with Gasteiger partial charge in [-0.1, -0.05) is 12.1 Å². The van der Waals surface area contributed by atoms with Crippen molar-refractivity contribution in [2.24, 2.45) is 0 Å². The van der Waals surface area contributed by atoms with Crippen molar-refractivity contribution >= 4 is 11.8 Å². The smallest absolute Gasteiger partial charge is 0.271 e. The van der Waals surface area contributed by atoms with Crippen molar-refractivity contribution in [3.8, 4) is 5.75 Å². The maximum absolute atomic E-state index is 12.3. The first-order chi connectivity index (χ1) is 13.1. The Morgan fingerprint density at radius 1 is 1.41 bits per heavy atom. The second-order valence-corrected chi connectivity index (χ2v) is 6.40. The molecule has 1 aromatic heterocycles. The third kappa shape index (κ3) is 4.85. The van der Waals surface area contributed by atoms with Gasteiger partial charge in [0, 0.05) is 19.2 Å². The number of nitrogens with zero attached hydrogens (tertiary/aromatic N) is 2. The number of fused-ring (bicyclic) bond motifs is 1. The van der Waals surface area contributed by atoms with Crippen molar-refractivity contribution in [1.82, 2.24) is 20.4 Å². The standard InChI is InChI=1S/C19H24N4O4/c1-2-27-15-7-5-13(6-8-15)4-3-9-20-18(25)16-10-17-19(26)21-11-14(24)12-23(17)22-16/h5-8,10,14,24H,2-4,9,11-12H2,1H3,(H,20,25)(H,21,26). The first-order valence-corrected chi connectivity index (χ1v) is 9.11. The van der Waals surface area contributed by atoms with E-state index in [9.17, 15) is 14.7 Å². The van der Waals surface area contributed by atoms with Gasteiger partial charge in [0.05, 0.1) is 19.3 Å². The molecule has 2 heterocycles. The Morgan fingerprint density at radius 2 is 2.19 bits per heavy atom. The lowest BCUT2D eigenvalue weighted by molar-refractivity contribution is 0.0931. The summed E-state index contributed by atoms with van der Waals surface area (Å²) in [6.07, 6.45) is 0.896. The van der Waals surface area contributed by atoms with Gasteiger partial charge in [-0.15, -0.1) is 0 Å². The molecule has 2 aromatic rings. The van der Waals surface area contributed by atoms with E-state index in [1.165, 1.54) is 16.3 Å². The topological polar surface area (TPSA) is 105 Å². The number of aryl methyl sites for hydroxylation is 1. The quantitative estimate of drug-likeness (QED) is 0.622. The monoisotopic (exact) mass is 372 g/mol. The van der Waals surface area contributed by atoms with E-state index in [1.54, 1.807) is 0 Å². The van der Waals surface area contributed by atoms with Gasteiger partial charge in [0.25, 0.3) is 11.8 Å². The second-order valence-electron chi connectivity index (χ2n) is 6.40. The fourth-order valence-electron chi connectivity index (χ4n) is 2.92. The summed E-state index contributed by atoms with van der Waals surface area (Å²) in [4.78, 5) is 24.2. The highest BCUT2D eigenvalue weighted by molar-refractivity contribution is 5.98. The van der Waals surface area contributed by atoms with Gasteiger partial charge in [0.15, 0.2) is 5.69 Å². The number of aromatic nitrogens is 2.